The molecule has 2 aromatic rings. The number of aromatic nitrogens is 2. The topological polar surface area (TPSA) is 61.8 Å². The van der Waals surface area contributed by atoms with Gasteiger partial charge < -0.3 is 14.5 Å². The Morgan fingerprint density at radius 2 is 1.97 bits per heavy atom. The monoisotopic (exact) mass is 449 g/mol. The van der Waals surface area contributed by atoms with E-state index in [1.54, 1.807) is 4.90 Å². The molecule has 3 aliphatic rings. The van der Waals surface area contributed by atoms with Crippen LogP contribution in [0.4, 0.5) is 5.95 Å². The second-order valence-corrected chi connectivity index (χ2v) is 10.0. The predicted octanol–water partition coefficient (Wildman–Crippen LogP) is 3.09. The zero-order chi connectivity index (χ0) is 22.9. The molecule has 4 heterocycles. The first-order chi connectivity index (χ1) is 16.0. The summed E-state index contributed by atoms with van der Waals surface area (Å²) in [6, 6.07) is 8.53. The molecular formula is C26H35N5O2. The zero-order valence-electron chi connectivity index (χ0n) is 20.0. The molecule has 1 aromatic carbocycles. The molecule has 3 atom stereocenters. The first kappa shape index (κ1) is 22.1. The SMILES string of the molecule is C[C@H]1Cc2cc(CN3C[C@H](C(=O)N(C)C)[C@@H](c4ccnc(N5CCCCC5)n4)C3)ccc2O1. The third-order valence-corrected chi connectivity index (χ3v) is 7.20. The minimum atomic E-state index is -0.0955. The fourth-order valence-electron chi connectivity index (χ4n) is 5.54. The quantitative estimate of drug-likeness (QED) is 0.699. The number of fused-ring (bicyclic) bond motifs is 1. The van der Waals surface area contributed by atoms with E-state index >= 15 is 0 Å². The van der Waals surface area contributed by atoms with Crippen LogP contribution in [0.25, 0.3) is 0 Å². The van der Waals surface area contributed by atoms with Crippen LogP contribution in [0.5, 0.6) is 5.75 Å². The Hall–Kier alpha value is -2.67. The second-order valence-electron chi connectivity index (χ2n) is 10.0. The molecule has 33 heavy (non-hydrogen) atoms. The highest BCUT2D eigenvalue weighted by Gasteiger charge is 2.40. The molecule has 0 spiro atoms. The van der Waals surface area contributed by atoms with Gasteiger partial charge in [-0.1, -0.05) is 12.1 Å². The van der Waals surface area contributed by atoms with E-state index in [4.69, 9.17) is 9.72 Å². The van der Waals surface area contributed by atoms with Gasteiger partial charge in [0.1, 0.15) is 11.9 Å². The van der Waals surface area contributed by atoms with Crippen molar-refractivity contribution in [2.45, 2.75) is 51.2 Å². The summed E-state index contributed by atoms with van der Waals surface area (Å²) >= 11 is 0. The molecule has 0 saturated carbocycles. The van der Waals surface area contributed by atoms with E-state index in [2.05, 4.69) is 39.9 Å². The lowest BCUT2D eigenvalue weighted by molar-refractivity contribution is -0.133. The maximum atomic E-state index is 13.1. The molecule has 0 unspecified atom stereocenters. The largest absolute Gasteiger partial charge is 0.490 e. The molecule has 2 saturated heterocycles. The Morgan fingerprint density at radius 3 is 2.76 bits per heavy atom. The molecule has 7 nitrogen and oxygen atoms in total. The van der Waals surface area contributed by atoms with Gasteiger partial charge in [-0.05, 0) is 49.4 Å². The molecule has 7 heteroatoms. The van der Waals surface area contributed by atoms with E-state index in [0.29, 0.717) is 0 Å². The van der Waals surface area contributed by atoms with Crippen molar-refractivity contribution in [3.05, 3.63) is 47.3 Å². The second kappa shape index (κ2) is 9.29. The smallest absolute Gasteiger partial charge is 0.227 e. The van der Waals surface area contributed by atoms with E-state index in [-0.39, 0.29) is 23.8 Å². The number of piperidine rings is 1. The van der Waals surface area contributed by atoms with Crippen molar-refractivity contribution in [1.29, 1.82) is 0 Å². The van der Waals surface area contributed by atoms with Crippen molar-refractivity contribution in [2.75, 3.05) is 45.2 Å². The van der Waals surface area contributed by atoms with Crippen LogP contribution in [-0.4, -0.2) is 72.1 Å². The van der Waals surface area contributed by atoms with Crippen LogP contribution < -0.4 is 9.64 Å². The third kappa shape index (κ3) is 4.69. The van der Waals surface area contributed by atoms with Crippen LogP contribution >= 0.6 is 0 Å². The average molecular weight is 450 g/mol. The van der Waals surface area contributed by atoms with E-state index in [1.165, 1.54) is 30.4 Å². The summed E-state index contributed by atoms with van der Waals surface area (Å²) in [5, 5.41) is 0. The summed E-state index contributed by atoms with van der Waals surface area (Å²) in [4.78, 5) is 29.1. The van der Waals surface area contributed by atoms with Gasteiger partial charge in [0, 0.05) is 65.4 Å². The van der Waals surface area contributed by atoms with Crippen molar-refractivity contribution < 1.29 is 9.53 Å². The Labute approximate surface area is 196 Å². The number of anilines is 1. The summed E-state index contributed by atoms with van der Waals surface area (Å²) in [5.41, 5.74) is 3.56. The van der Waals surface area contributed by atoms with Gasteiger partial charge >= 0.3 is 0 Å². The van der Waals surface area contributed by atoms with Gasteiger partial charge in [-0.25, -0.2) is 9.97 Å². The van der Waals surface area contributed by atoms with Crippen LogP contribution in [0.15, 0.2) is 30.5 Å². The van der Waals surface area contributed by atoms with Crippen LogP contribution in [-0.2, 0) is 17.8 Å². The van der Waals surface area contributed by atoms with Crippen molar-refractivity contribution in [3.8, 4) is 5.75 Å². The standard InChI is InChI=1S/C26H35N5O2/c1-18-13-20-14-19(7-8-24(20)33-18)15-30-16-21(22(17-30)25(32)29(2)3)23-9-10-27-26(28-23)31-11-5-4-6-12-31/h7-10,14,18,21-22H,4-6,11-13,15-17H2,1-3H3/t18-,21-,22-/m0/s1. The van der Waals surface area contributed by atoms with Gasteiger partial charge in [0.2, 0.25) is 11.9 Å². The third-order valence-electron chi connectivity index (χ3n) is 7.20. The Kier molecular flexibility index (Phi) is 6.23. The summed E-state index contributed by atoms with van der Waals surface area (Å²) in [6.07, 6.45) is 6.75. The number of carbonyl (C=O) groups excluding carboxylic acids is 1. The molecule has 5 rings (SSSR count). The van der Waals surface area contributed by atoms with Crippen LogP contribution in [0, 0.1) is 5.92 Å². The van der Waals surface area contributed by atoms with Gasteiger partial charge in [0.05, 0.1) is 11.6 Å². The fourth-order valence-corrected chi connectivity index (χ4v) is 5.54. The number of likely N-dealkylation sites (tertiary alicyclic amines) is 1. The maximum Gasteiger partial charge on any atom is 0.227 e. The van der Waals surface area contributed by atoms with Crippen LogP contribution in [0.1, 0.15) is 48.9 Å². The molecule has 2 fully saturated rings. The Balaban J connectivity index is 1.36. The zero-order valence-corrected chi connectivity index (χ0v) is 20.0. The molecule has 0 bridgehead atoms. The summed E-state index contributed by atoms with van der Waals surface area (Å²) < 4.78 is 5.86. The number of hydrogen-bond donors (Lipinski definition) is 0. The molecule has 3 aliphatic heterocycles. The Bertz CT molecular complexity index is 1000. The highest BCUT2D eigenvalue weighted by Crippen LogP contribution is 2.35. The highest BCUT2D eigenvalue weighted by atomic mass is 16.5. The van der Waals surface area contributed by atoms with Gasteiger partial charge in [-0.2, -0.15) is 0 Å². The Morgan fingerprint density at radius 1 is 1.15 bits per heavy atom. The van der Waals surface area contributed by atoms with E-state index in [0.717, 1.165) is 56.5 Å². The lowest BCUT2D eigenvalue weighted by Crippen LogP contribution is -2.34. The number of benzene rings is 1. The predicted molar refractivity (Wildman–Crippen MR) is 129 cm³/mol. The number of rotatable bonds is 5. The summed E-state index contributed by atoms with van der Waals surface area (Å²) in [5.74, 6) is 1.98. The summed E-state index contributed by atoms with van der Waals surface area (Å²) in [7, 11) is 3.70. The van der Waals surface area contributed by atoms with E-state index in [1.807, 2.05) is 26.4 Å². The first-order valence-electron chi connectivity index (χ1n) is 12.3. The fraction of sp³-hybridized carbons (Fsp3) is 0.577. The van der Waals surface area contributed by atoms with Gasteiger partial charge in [-0.15, -0.1) is 0 Å². The van der Waals surface area contributed by atoms with E-state index in [9.17, 15) is 4.79 Å². The number of carbonyl (C=O) groups is 1. The van der Waals surface area contributed by atoms with E-state index < -0.39 is 0 Å². The highest BCUT2D eigenvalue weighted by molar-refractivity contribution is 5.80. The van der Waals surface area contributed by atoms with Crippen molar-refractivity contribution in [1.82, 2.24) is 19.8 Å². The normalized spacial score (nSPS) is 25.1. The molecular weight excluding hydrogens is 414 g/mol. The van der Waals surface area contributed by atoms with Crippen molar-refractivity contribution in [3.63, 3.8) is 0 Å². The lowest BCUT2D eigenvalue weighted by atomic mass is 9.91. The lowest BCUT2D eigenvalue weighted by Gasteiger charge is -2.27. The molecule has 0 N–H and O–H groups in total. The van der Waals surface area contributed by atoms with Gasteiger partial charge in [-0.3, -0.25) is 9.69 Å². The minimum absolute atomic E-state index is 0.0734. The van der Waals surface area contributed by atoms with Crippen molar-refractivity contribution in [2.24, 2.45) is 5.92 Å². The number of ether oxygens (including phenoxy) is 1. The van der Waals surface area contributed by atoms with Gasteiger partial charge in [0.15, 0.2) is 0 Å². The molecule has 176 valence electrons. The summed E-state index contributed by atoms with van der Waals surface area (Å²) in [6.45, 7) is 6.54. The van der Waals surface area contributed by atoms with Crippen LogP contribution in [0.3, 0.4) is 0 Å². The maximum absolute atomic E-state index is 13.1. The molecule has 0 aliphatic carbocycles. The average Bonchev–Trinajstić information content (AvgIpc) is 3.41. The van der Waals surface area contributed by atoms with Crippen molar-refractivity contribution >= 4 is 11.9 Å². The molecule has 0 radical (unpaired) electrons. The number of amides is 1. The number of hydrogen-bond acceptors (Lipinski definition) is 6. The first-order valence-corrected chi connectivity index (χ1v) is 12.3. The molecule has 1 amide bonds. The molecule has 1 aromatic heterocycles. The number of nitrogens with zero attached hydrogens (tertiary/aromatic N) is 5. The minimum Gasteiger partial charge on any atom is -0.490 e. The van der Waals surface area contributed by atoms with Crippen LogP contribution in [0.2, 0.25) is 0 Å². The van der Waals surface area contributed by atoms with Gasteiger partial charge in [0.25, 0.3) is 0 Å².